The molecule has 0 aliphatic heterocycles. The van der Waals surface area contributed by atoms with Gasteiger partial charge in [-0.3, -0.25) is 4.79 Å². The third-order valence-electron chi connectivity index (χ3n) is 1.55. The van der Waals surface area contributed by atoms with E-state index in [2.05, 4.69) is 12.2 Å². The topological polar surface area (TPSA) is 42.2 Å². The molecule has 0 bridgehead atoms. The number of allylic oxidation sites excluding steroid dienone is 1. The van der Waals surface area contributed by atoms with Crippen molar-refractivity contribution in [3.8, 4) is 0 Å². The fraction of sp³-hybridized carbons (Fsp3) is 0.300. The first-order chi connectivity index (χ1) is 6.34. The standard InChI is InChI=1S/C10H13NO2/c1-2-5-11-6-3-10(12)9-4-7-13-8-9/h3-4,6-8,11H,2,5H2,1H3/b6-3+. The van der Waals surface area contributed by atoms with Crippen LogP contribution in [0, 0.1) is 0 Å². The lowest BCUT2D eigenvalue weighted by atomic mass is 10.2. The van der Waals surface area contributed by atoms with Crippen LogP contribution >= 0.6 is 0 Å². The molecule has 0 aromatic carbocycles. The summed E-state index contributed by atoms with van der Waals surface area (Å²) < 4.78 is 4.79. The molecule has 1 rings (SSSR count). The van der Waals surface area contributed by atoms with Gasteiger partial charge in [-0.1, -0.05) is 6.92 Å². The van der Waals surface area contributed by atoms with Gasteiger partial charge in [-0.25, -0.2) is 0 Å². The molecule has 3 nitrogen and oxygen atoms in total. The molecule has 1 heterocycles. The minimum absolute atomic E-state index is 0.0441. The van der Waals surface area contributed by atoms with Gasteiger partial charge in [-0.15, -0.1) is 0 Å². The normalized spacial score (nSPS) is 10.5. The molecule has 0 aliphatic carbocycles. The molecule has 1 aromatic heterocycles. The Bertz CT molecular complexity index is 275. The molecule has 0 spiro atoms. The number of furan rings is 1. The maximum Gasteiger partial charge on any atom is 0.190 e. The zero-order valence-electron chi connectivity index (χ0n) is 7.62. The second kappa shape index (κ2) is 5.19. The summed E-state index contributed by atoms with van der Waals surface area (Å²) in [7, 11) is 0. The molecular weight excluding hydrogens is 166 g/mol. The van der Waals surface area contributed by atoms with Gasteiger partial charge in [0, 0.05) is 18.8 Å². The van der Waals surface area contributed by atoms with Crippen molar-refractivity contribution in [1.29, 1.82) is 0 Å². The Morgan fingerprint density at radius 3 is 3.15 bits per heavy atom. The summed E-state index contributed by atoms with van der Waals surface area (Å²) in [5.74, 6) is -0.0441. The maximum atomic E-state index is 11.3. The van der Waals surface area contributed by atoms with Crippen LogP contribution in [0.4, 0.5) is 0 Å². The predicted molar refractivity (Wildman–Crippen MR) is 50.5 cm³/mol. The molecule has 0 unspecified atom stereocenters. The second-order valence-corrected chi connectivity index (χ2v) is 2.66. The van der Waals surface area contributed by atoms with E-state index in [1.807, 2.05) is 0 Å². The quantitative estimate of drug-likeness (QED) is 0.427. The zero-order chi connectivity index (χ0) is 9.52. The summed E-state index contributed by atoms with van der Waals surface area (Å²) >= 11 is 0. The number of hydrogen-bond acceptors (Lipinski definition) is 3. The molecule has 0 atom stereocenters. The van der Waals surface area contributed by atoms with Crippen molar-refractivity contribution in [2.24, 2.45) is 0 Å². The van der Waals surface area contributed by atoms with Crippen molar-refractivity contribution in [3.63, 3.8) is 0 Å². The summed E-state index contributed by atoms with van der Waals surface area (Å²) in [6, 6.07) is 1.65. The largest absolute Gasteiger partial charge is 0.472 e. The van der Waals surface area contributed by atoms with Crippen LogP contribution in [0.5, 0.6) is 0 Å². The molecule has 1 N–H and O–H groups in total. The zero-order valence-corrected chi connectivity index (χ0v) is 7.62. The lowest BCUT2D eigenvalue weighted by Gasteiger charge is -1.93. The van der Waals surface area contributed by atoms with E-state index in [9.17, 15) is 4.79 Å². The third kappa shape index (κ3) is 3.15. The van der Waals surface area contributed by atoms with Gasteiger partial charge in [0.25, 0.3) is 0 Å². The van der Waals surface area contributed by atoms with Gasteiger partial charge in [0.05, 0.1) is 11.8 Å². The van der Waals surface area contributed by atoms with Crippen LogP contribution in [0.25, 0.3) is 0 Å². The van der Waals surface area contributed by atoms with E-state index >= 15 is 0 Å². The molecular formula is C10H13NO2. The summed E-state index contributed by atoms with van der Waals surface area (Å²) in [6.45, 7) is 2.95. The minimum atomic E-state index is -0.0441. The Kier molecular flexibility index (Phi) is 3.82. The van der Waals surface area contributed by atoms with E-state index in [0.717, 1.165) is 13.0 Å². The molecule has 0 radical (unpaired) electrons. The summed E-state index contributed by atoms with van der Waals surface area (Å²) in [5.41, 5.74) is 0.578. The van der Waals surface area contributed by atoms with Gasteiger partial charge in [0.15, 0.2) is 5.78 Å². The van der Waals surface area contributed by atoms with Gasteiger partial charge in [-0.05, 0) is 12.5 Å². The lowest BCUT2D eigenvalue weighted by molar-refractivity contribution is 0.104. The molecule has 0 amide bonds. The smallest absolute Gasteiger partial charge is 0.190 e. The van der Waals surface area contributed by atoms with E-state index in [0.29, 0.717) is 5.56 Å². The van der Waals surface area contributed by atoms with Crippen molar-refractivity contribution in [3.05, 3.63) is 36.4 Å². The average molecular weight is 179 g/mol. The van der Waals surface area contributed by atoms with Crippen molar-refractivity contribution in [2.45, 2.75) is 13.3 Å². The molecule has 0 saturated heterocycles. The van der Waals surface area contributed by atoms with Gasteiger partial charge in [0.1, 0.15) is 6.26 Å². The maximum absolute atomic E-state index is 11.3. The Balaban J connectivity index is 2.38. The Morgan fingerprint density at radius 2 is 2.54 bits per heavy atom. The van der Waals surface area contributed by atoms with Crippen LogP contribution in [0.15, 0.2) is 35.3 Å². The highest BCUT2D eigenvalue weighted by atomic mass is 16.3. The summed E-state index contributed by atoms with van der Waals surface area (Å²) in [4.78, 5) is 11.3. The number of ketones is 1. The first kappa shape index (κ1) is 9.58. The van der Waals surface area contributed by atoms with Crippen molar-refractivity contribution in [1.82, 2.24) is 5.32 Å². The second-order valence-electron chi connectivity index (χ2n) is 2.66. The van der Waals surface area contributed by atoms with E-state index < -0.39 is 0 Å². The van der Waals surface area contributed by atoms with Gasteiger partial charge >= 0.3 is 0 Å². The van der Waals surface area contributed by atoms with Crippen LogP contribution < -0.4 is 5.32 Å². The van der Waals surface area contributed by atoms with E-state index in [1.54, 1.807) is 12.3 Å². The molecule has 0 aliphatic rings. The van der Waals surface area contributed by atoms with Crippen LogP contribution in [-0.2, 0) is 0 Å². The fourth-order valence-electron chi connectivity index (χ4n) is 0.863. The highest BCUT2D eigenvalue weighted by Crippen LogP contribution is 2.01. The van der Waals surface area contributed by atoms with Crippen LogP contribution in [0.3, 0.4) is 0 Å². The monoisotopic (exact) mass is 179 g/mol. The van der Waals surface area contributed by atoms with Crippen LogP contribution in [0.1, 0.15) is 23.7 Å². The molecule has 1 aromatic rings. The Morgan fingerprint density at radius 1 is 1.69 bits per heavy atom. The van der Waals surface area contributed by atoms with Crippen molar-refractivity contribution >= 4 is 5.78 Å². The molecule has 0 fully saturated rings. The minimum Gasteiger partial charge on any atom is -0.472 e. The van der Waals surface area contributed by atoms with E-state index in [1.165, 1.54) is 18.6 Å². The van der Waals surface area contributed by atoms with Crippen LogP contribution in [0.2, 0.25) is 0 Å². The number of nitrogens with one attached hydrogen (secondary N) is 1. The Hall–Kier alpha value is -1.51. The Labute approximate surface area is 77.4 Å². The first-order valence-corrected chi connectivity index (χ1v) is 4.31. The molecule has 70 valence electrons. The molecule has 0 saturated carbocycles. The number of hydrogen-bond donors (Lipinski definition) is 1. The summed E-state index contributed by atoms with van der Waals surface area (Å²) in [5, 5.41) is 3.00. The number of rotatable bonds is 5. The van der Waals surface area contributed by atoms with Gasteiger partial charge in [0.2, 0.25) is 0 Å². The van der Waals surface area contributed by atoms with Crippen molar-refractivity contribution in [2.75, 3.05) is 6.54 Å². The van der Waals surface area contributed by atoms with Gasteiger partial charge < -0.3 is 9.73 Å². The fourth-order valence-corrected chi connectivity index (χ4v) is 0.863. The molecule has 3 heteroatoms. The highest BCUT2D eigenvalue weighted by molar-refractivity contribution is 6.04. The SMILES string of the molecule is CCCN/C=C/C(=O)c1ccoc1. The van der Waals surface area contributed by atoms with E-state index in [-0.39, 0.29) is 5.78 Å². The first-order valence-electron chi connectivity index (χ1n) is 4.31. The van der Waals surface area contributed by atoms with E-state index in [4.69, 9.17) is 4.42 Å². The molecule has 13 heavy (non-hydrogen) atoms. The summed E-state index contributed by atoms with van der Waals surface area (Å²) in [6.07, 6.45) is 7.14. The van der Waals surface area contributed by atoms with Crippen LogP contribution in [-0.4, -0.2) is 12.3 Å². The predicted octanol–water partition coefficient (Wildman–Crippen LogP) is 1.98. The lowest BCUT2D eigenvalue weighted by Crippen LogP contribution is -2.06. The third-order valence-corrected chi connectivity index (χ3v) is 1.55. The number of carbonyl (C=O) groups excluding carboxylic acids is 1. The number of carbonyl (C=O) groups is 1. The average Bonchev–Trinajstić information content (AvgIpc) is 2.65. The van der Waals surface area contributed by atoms with Gasteiger partial charge in [-0.2, -0.15) is 0 Å². The highest BCUT2D eigenvalue weighted by Gasteiger charge is 2.00. The van der Waals surface area contributed by atoms with Crippen molar-refractivity contribution < 1.29 is 9.21 Å².